The molecule has 0 aliphatic heterocycles. The molecule has 0 spiro atoms. The number of likely N-dealkylation sites (N-methyl/N-ethyl adjacent to an activating group) is 1. The van der Waals surface area contributed by atoms with E-state index in [4.69, 9.17) is 16.1 Å². The summed E-state index contributed by atoms with van der Waals surface area (Å²) in [4.78, 5) is 18.0. The number of nitrogens with one attached hydrogen (secondary N) is 1. The number of benzene rings is 2. The van der Waals surface area contributed by atoms with E-state index in [0.29, 0.717) is 30.4 Å². The number of anilines is 1. The molecule has 0 fully saturated rings. The van der Waals surface area contributed by atoms with Gasteiger partial charge in [0.25, 0.3) is 5.89 Å². The Bertz CT molecular complexity index is 943. The number of halogens is 2. The Labute approximate surface area is 160 Å². The maximum Gasteiger partial charge on any atom is 0.321 e. The van der Waals surface area contributed by atoms with E-state index in [0.717, 1.165) is 11.1 Å². The number of nitrogens with zero attached hydrogens (tertiary/aromatic N) is 3. The van der Waals surface area contributed by atoms with Gasteiger partial charge in [-0.15, -0.1) is 0 Å². The molecular formula is C19H18ClFN4O2. The molecule has 2 aromatic carbocycles. The highest BCUT2D eigenvalue weighted by Crippen LogP contribution is 2.20. The molecule has 27 heavy (non-hydrogen) atoms. The summed E-state index contributed by atoms with van der Waals surface area (Å²) in [5.41, 5.74) is 2.41. The van der Waals surface area contributed by atoms with Crippen LogP contribution in [0.2, 0.25) is 5.02 Å². The molecule has 0 bridgehead atoms. The summed E-state index contributed by atoms with van der Waals surface area (Å²) in [6.45, 7) is 2.39. The molecule has 1 heterocycles. The van der Waals surface area contributed by atoms with Crippen LogP contribution < -0.4 is 5.32 Å². The van der Waals surface area contributed by atoms with Gasteiger partial charge >= 0.3 is 6.03 Å². The van der Waals surface area contributed by atoms with E-state index in [9.17, 15) is 9.18 Å². The largest absolute Gasteiger partial charge is 0.334 e. The van der Waals surface area contributed by atoms with Gasteiger partial charge in [-0.3, -0.25) is 0 Å². The lowest BCUT2D eigenvalue weighted by atomic mass is 10.1. The second-order valence-corrected chi connectivity index (χ2v) is 6.52. The van der Waals surface area contributed by atoms with Crippen molar-refractivity contribution in [3.63, 3.8) is 0 Å². The van der Waals surface area contributed by atoms with E-state index in [1.54, 1.807) is 7.05 Å². The van der Waals surface area contributed by atoms with Gasteiger partial charge in [0, 0.05) is 31.3 Å². The molecule has 8 heteroatoms. The minimum atomic E-state index is -0.537. The third-order valence-corrected chi connectivity index (χ3v) is 4.24. The van der Waals surface area contributed by atoms with Gasteiger partial charge in [0.1, 0.15) is 5.82 Å². The number of aryl methyl sites for hydroxylation is 1. The van der Waals surface area contributed by atoms with E-state index < -0.39 is 5.82 Å². The van der Waals surface area contributed by atoms with Crippen molar-refractivity contribution in [2.75, 3.05) is 18.9 Å². The Kier molecular flexibility index (Phi) is 5.71. The number of urea groups is 1. The van der Waals surface area contributed by atoms with E-state index in [-0.39, 0.29) is 11.1 Å². The number of amides is 2. The van der Waals surface area contributed by atoms with E-state index in [1.807, 2.05) is 31.2 Å². The first kappa shape index (κ1) is 18.8. The molecule has 0 unspecified atom stereocenters. The number of hydrogen-bond acceptors (Lipinski definition) is 4. The summed E-state index contributed by atoms with van der Waals surface area (Å²) in [7, 11) is 1.64. The van der Waals surface area contributed by atoms with Crippen LogP contribution in [0.25, 0.3) is 11.5 Å². The topological polar surface area (TPSA) is 71.3 Å². The highest BCUT2D eigenvalue weighted by Gasteiger charge is 2.13. The zero-order valence-corrected chi connectivity index (χ0v) is 15.6. The molecule has 3 rings (SSSR count). The van der Waals surface area contributed by atoms with Crippen molar-refractivity contribution in [1.82, 2.24) is 15.0 Å². The van der Waals surface area contributed by atoms with Gasteiger partial charge in [0.15, 0.2) is 5.82 Å². The SMILES string of the molecule is Cc1ccc(-c2nc(CCN(C)C(=O)Nc3ccc(F)c(Cl)c3)no2)cc1. The lowest BCUT2D eigenvalue weighted by molar-refractivity contribution is 0.222. The Balaban J connectivity index is 1.55. The van der Waals surface area contributed by atoms with Crippen molar-refractivity contribution >= 4 is 23.3 Å². The van der Waals surface area contributed by atoms with Crippen LogP contribution in [0.3, 0.4) is 0 Å². The second-order valence-electron chi connectivity index (χ2n) is 6.11. The fourth-order valence-corrected chi connectivity index (χ4v) is 2.51. The van der Waals surface area contributed by atoms with Gasteiger partial charge in [-0.25, -0.2) is 9.18 Å². The number of aromatic nitrogens is 2. The Morgan fingerprint density at radius 3 is 2.70 bits per heavy atom. The zero-order chi connectivity index (χ0) is 19.4. The van der Waals surface area contributed by atoms with Crippen molar-refractivity contribution in [3.8, 4) is 11.5 Å². The van der Waals surface area contributed by atoms with E-state index in [1.165, 1.54) is 23.1 Å². The molecule has 0 atom stereocenters. The fourth-order valence-electron chi connectivity index (χ4n) is 2.33. The van der Waals surface area contributed by atoms with Gasteiger partial charge < -0.3 is 14.7 Å². The van der Waals surface area contributed by atoms with Crippen LogP contribution in [0.15, 0.2) is 47.0 Å². The van der Waals surface area contributed by atoms with E-state index >= 15 is 0 Å². The third-order valence-electron chi connectivity index (χ3n) is 3.95. The third kappa shape index (κ3) is 4.83. The van der Waals surface area contributed by atoms with Crippen molar-refractivity contribution in [2.45, 2.75) is 13.3 Å². The van der Waals surface area contributed by atoms with Crippen molar-refractivity contribution in [2.24, 2.45) is 0 Å². The van der Waals surface area contributed by atoms with Crippen LogP contribution in [0, 0.1) is 12.7 Å². The maximum absolute atomic E-state index is 13.2. The molecule has 1 aromatic heterocycles. The standard InChI is InChI=1S/C19H18ClFN4O2/c1-12-3-5-13(6-4-12)18-23-17(24-27-18)9-10-25(2)19(26)22-14-7-8-16(21)15(20)11-14/h3-8,11H,9-10H2,1-2H3,(H,22,26). The van der Waals surface area contributed by atoms with Crippen LogP contribution in [0.1, 0.15) is 11.4 Å². The predicted octanol–water partition coefficient (Wildman–Crippen LogP) is 4.54. The number of carbonyl (C=O) groups excluding carboxylic acids is 1. The van der Waals surface area contributed by atoms with Crippen molar-refractivity contribution in [1.29, 1.82) is 0 Å². The quantitative estimate of drug-likeness (QED) is 0.696. The lowest BCUT2D eigenvalue weighted by Crippen LogP contribution is -2.33. The summed E-state index contributed by atoms with van der Waals surface area (Å²) in [5.74, 6) is 0.414. The molecule has 2 amide bonds. The van der Waals surface area contributed by atoms with Gasteiger partial charge in [-0.1, -0.05) is 34.5 Å². The molecule has 3 aromatic rings. The summed E-state index contributed by atoms with van der Waals surface area (Å²) < 4.78 is 18.4. The maximum atomic E-state index is 13.2. The number of rotatable bonds is 5. The fraction of sp³-hybridized carbons (Fsp3) is 0.211. The number of carbonyl (C=O) groups is 1. The molecule has 6 nitrogen and oxygen atoms in total. The van der Waals surface area contributed by atoms with Gasteiger partial charge in [0.2, 0.25) is 0 Å². The Hall–Kier alpha value is -2.93. The van der Waals surface area contributed by atoms with Crippen LogP contribution in [0.4, 0.5) is 14.9 Å². The van der Waals surface area contributed by atoms with Gasteiger partial charge in [0.05, 0.1) is 5.02 Å². The Morgan fingerprint density at radius 2 is 2.00 bits per heavy atom. The summed E-state index contributed by atoms with van der Waals surface area (Å²) >= 11 is 5.71. The first-order chi connectivity index (χ1) is 12.9. The van der Waals surface area contributed by atoms with E-state index in [2.05, 4.69) is 15.5 Å². The summed E-state index contributed by atoms with van der Waals surface area (Å²) in [5, 5.41) is 6.55. The first-order valence-electron chi connectivity index (χ1n) is 8.29. The van der Waals surface area contributed by atoms with Crippen LogP contribution in [0.5, 0.6) is 0 Å². The molecule has 0 saturated carbocycles. The van der Waals surface area contributed by atoms with Crippen LogP contribution in [-0.2, 0) is 6.42 Å². The van der Waals surface area contributed by atoms with Crippen molar-refractivity contribution < 1.29 is 13.7 Å². The predicted molar refractivity (Wildman–Crippen MR) is 101 cm³/mol. The minimum Gasteiger partial charge on any atom is -0.334 e. The highest BCUT2D eigenvalue weighted by atomic mass is 35.5. The molecular weight excluding hydrogens is 371 g/mol. The average molecular weight is 389 g/mol. The van der Waals surface area contributed by atoms with Gasteiger partial charge in [-0.2, -0.15) is 4.98 Å². The van der Waals surface area contributed by atoms with Crippen molar-refractivity contribution in [3.05, 3.63) is 64.7 Å². The van der Waals surface area contributed by atoms with Crippen LogP contribution in [-0.4, -0.2) is 34.7 Å². The highest BCUT2D eigenvalue weighted by molar-refractivity contribution is 6.31. The summed E-state index contributed by atoms with van der Waals surface area (Å²) in [6.07, 6.45) is 0.434. The smallest absolute Gasteiger partial charge is 0.321 e. The van der Waals surface area contributed by atoms with Crippen LogP contribution >= 0.6 is 11.6 Å². The average Bonchev–Trinajstić information content (AvgIpc) is 3.12. The monoisotopic (exact) mass is 388 g/mol. The zero-order valence-electron chi connectivity index (χ0n) is 14.9. The van der Waals surface area contributed by atoms with Gasteiger partial charge in [-0.05, 0) is 37.3 Å². The molecule has 0 radical (unpaired) electrons. The second kappa shape index (κ2) is 8.18. The normalized spacial score (nSPS) is 10.7. The number of hydrogen-bond donors (Lipinski definition) is 1. The molecule has 0 aliphatic carbocycles. The Morgan fingerprint density at radius 1 is 1.26 bits per heavy atom. The molecule has 140 valence electrons. The first-order valence-corrected chi connectivity index (χ1v) is 8.67. The lowest BCUT2D eigenvalue weighted by Gasteiger charge is -2.17. The summed E-state index contributed by atoms with van der Waals surface area (Å²) in [6, 6.07) is 11.4. The molecule has 1 N–H and O–H groups in total. The molecule has 0 saturated heterocycles. The molecule has 0 aliphatic rings. The minimum absolute atomic E-state index is 0.0501.